The third-order valence-corrected chi connectivity index (χ3v) is 3.57. The number of carbonyl (C=O) groups excluding carboxylic acids is 1. The number of piperidine rings is 1. The maximum Gasteiger partial charge on any atom is 0.263 e. The number of halogens is 1. The van der Waals surface area contributed by atoms with Gasteiger partial charge in [-0.1, -0.05) is 23.7 Å². The van der Waals surface area contributed by atoms with Crippen LogP contribution < -0.4 is 10.5 Å². The number of para-hydroxylation sites is 1. The van der Waals surface area contributed by atoms with Crippen LogP contribution in [0.1, 0.15) is 19.8 Å². The Labute approximate surface area is 118 Å². The molecule has 0 aromatic heterocycles. The van der Waals surface area contributed by atoms with Crippen molar-refractivity contribution >= 4 is 17.5 Å². The Hall–Kier alpha value is -1.26. The number of amides is 1. The fourth-order valence-electron chi connectivity index (χ4n) is 2.25. The van der Waals surface area contributed by atoms with E-state index in [4.69, 9.17) is 22.1 Å². The van der Waals surface area contributed by atoms with Crippen molar-refractivity contribution in [2.45, 2.75) is 31.9 Å². The second-order valence-electron chi connectivity index (χ2n) is 4.88. The highest BCUT2D eigenvalue weighted by Gasteiger charge is 2.26. The highest BCUT2D eigenvalue weighted by molar-refractivity contribution is 6.32. The molecule has 0 saturated carbocycles. The molecule has 1 aliphatic heterocycles. The summed E-state index contributed by atoms with van der Waals surface area (Å²) in [6.45, 7) is 3.10. The zero-order valence-corrected chi connectivity index (χ0v) is 11.8. The van der Waals surface area contributed by atoms with Gasteiger partial charge in [0.2, 0.25) is 0 Å². The molecule has 2 N–H and O–H groups in total. The van der Waals surface area contributed by atoms with E-state index in [1.165, 1.54) is 0 Å². The predicted molar refractivity (Wildman–Crippen MR) is 75.3 cm³/mol. The molecule has 1 aromatic rings. The smallest absolute Gasteiger partial charge is 0.263 e. The lowest BCUT2D eigenvalue weighted by molar-refractivity contribution is -0.139. The van der Waals surface area contributed by atoms with Gasteiger partial charge in [0, 0.05) is 19.1 Å². The van der Waals surface area contributed by atoms with E-state index in [0.29, 0.717) is 17.3 Å². The fraction of sp³-hybridized carbons (Fsp3) is 0.500. The molecule has 1 aliphatic rings. The van der Waals surface area contributed by atoms with Gasteiger partial charge in [-0.3, -0.25) is 4.79 Å². The highest BCUT2D eigenvalue weighted by atomic mass is 35.5. The Bertz CT molecular complexity index is 453. The standard InChI is InChI=1S/C14H19ClN2O2/c1-10(19-13-7-3-2-6-12(13)15)14(18)17-8-4-5-11(16)9-17/h2-3,6-7,10-11H,4-5,8-9,16H2,1H3/t10-,11+/m1/s1. The minimum atomic E-state index is -0.551. The fourth-order valence-corrected chi connectivity index (χ4v) is 2.43. The number of benzene rings is 1. The van der Waals surface area contributed by atoms with Crippen molar-refractivity contribution in [3.63, 3.8) is 0 Å². The molecule has 2 atom stereocenters. The summed E-state index contributed by atoms with van der Waals surface area (Å²) in [6.07, 6.45) is 1.38. The Balaban J connectivity index is 1.97. The van der Waals surface area contributed by atoms with Gasteiger partial charge in [-0.15, -0.1) is 0 Å². The maximum absolute atomic E-state index is 12.3. The van der Waals surface area contributed by atoms with Crippen molar-refractivity contribution in [1.82, 2.24) is 4.90 Å². The summed E-state index contributed by atoms with van der Waals surface area (Å²) in [6, 6.07) is 7.23. The maximum atomic E-state index is 12.3. The van der Waals surface area contributed by atoms with E-state index >= 15 is 0 Å². The van der Waals surface area contributed by atoms with Crippen LogP contribution in [0.25, 0.3) is 0 Å². The van der Waals surface area contributed by atoms with Crippen molar-refractivity contribution in [2.24, 2.45) is 5.73 Å². The molecule has 0 bridgehead atoms. The van der Waals surface area contributed by atoms with Crippen LogP contribution in [0.2, 0.25) is 5.02 Å². The van der Waals surface area contributed by atoms with Crippen LogP contribution in [0.3, 0.4) is 0 Å². The molecular weight excluding hydrogens is 264 g/mol. The van der Waals surface area contributed by atoms with Crippen molar-refractivity contribution in [1.29, 1.82) is 0 Å². The van der Waals surface area contributed by atoms with Crippen LogP contribution in [0.15, 0.2) is 24.3 Å². The monoisotopic (exact) mass is 282 g/mol. The molecule has 0 spiro atoms. The Kier molecular flexibility index (Phi) is 4.66. The van der Waals surface area contributed by atoms with E-state index in [-0.39, 0.29) is 11.9 Å². The van der Waals surface area contributed by atoms with Crippen molar-refractivity contribution in [2.75, 3.05) is 13.1 Å². The van der Waals surface area contributed by atoms with Crippen LogP contribution in [-0.4, -0.2) is 36.0 Å². The van der Waals surface area contributed by atoms with Crippen molar-refractivity contribution in [3.05, 3.63) is 29.3 Å². The van der Waals surface area contributed by atoms with Gasteiger partial charge in [0.15, 0.2) is 6.10 Å². The number of rotatable bonds is 3. The SMILES string of the molecule is C[C@@H](Oc1ccccc1Cl)C(=O)N1CCC[C@H](N)C1. The van der Waals surface area contributed by atoms with Crippen molar-refractivity contribution in [3.8, 4) is 5.75 Å². The largest absolute Gasteiger partial charge is 0.479 e. The first-order chi connectivity index (χ1) is 9.08. The molecule has 1 fully saturated rings. The number of nitrogens with zero attached hydrogens (tertiary/aromatic N) is 1. The van der Waals surface area contributed by atoms with E-state index in [0.717, 1.165) is 19.4 Å². The third kappa shape index (κ3) is 3.61. The van der Waals surface area contributed by atoms with Gasteiger partial charge in [-0.2, -0.15) is 0 Å². The molecule has 19 heavy (non-hydrogen) atoms. The molecule has 0 aliphatic carbocycles. The topological polar surface area (TPSA) is 55.6 Å². The lowest BCUT2D eigenvalue weighted by Crippen LogP contribution is -2.49. The molecule has 1 amide bonds. The van der Waals surface area contributed by atoms with Crippen LogP contribution in [0, 0.1) is 0 Å². The number of hydrogen-bond donors (Lipinski definition) is 1. The lowest BCUT2D eigenvalue weighted by Gasteiger charge is -2.32. The molecule has 1 heterocycles. The summed E-state index contributed by atoms with van der Waals surface area (Å²) in [5, 5.41) is 0.512. The summed E-state index contributed by atoms with van der Waals surface area (Å²) in [7, 11) is 0. The summed E-state index contributed by atoms with van der Waals surface area (Å²) >= 11 is 6.01. The summed E-state index contributed by atoms with van der Waals surface area (Å²) in [4.78, 5) is 14.0. The third-order valence-electron chi connectivity index (χ3n) is 3.26. The average Bonchev–Trinajstić information content (AvgIpc) is 2.40. The Morgan fingerprint density at radius 3 is 2.95 bits per heavy atom. The van der Waals surface area contributed by atoms with Gasteiger partial charge in [0.25, 0.3) is 5.91 Å². The molecule has 5 heteroatoms. The average molecular weight is 283 g/mol. The predicted octanol–water partition coefficient (Wildman–Crippen LogP) is 2.06. The minimum Gasteiger partial charge on any atom is -0.479 e. The van der Waals surface area contributed by atoms with Crippen LogP contribution in [-0.2, 0) is 4.79 Å². The number of ether oxygens (including phenoxy) is 1. The van der Waals surface area contributed by atoms with E-state index in [1.54, 1.807) is 24.0 Å². The first-order valence-corrected chi connectivity index (χ1v) is 6.91. The Morgan fingerprint density at radius 1 is 1.53 bits per heavy atom. The van der Waals surface area contributed by atoms with E-state index in [1.807, 2.05) is 12.1 Å². The van der Waals surface area contributed by atoms with E-state index < -0.39 is 6.10 Å². The van der Waals surface area contributed by atoms with Gasteiger partial charge in [0.05, 0.1) is 5.02 Å². The summed E-state index contributed by atoms with van der Waals surface area (Å²) in [5.41, 5.74) is 5.88. The van der Waals surface area contributed by atoms with E-state index in [9.17, 15) is 4.79 Å². The first kappa shape index (κ1) is 14.2. The van der Waals surface area contributed by atoms with Gasteiger partial charge in [0.1, 0.15) is 5.75 Å². The molecule has 2 rings (SSSR count). The molecule has 0 radical (unpaired) electrons. The molecule has 0 unspecified atom stereocenters. The summed E-state index contributed by atoms with van der Waals surface area (Å²) in [5.74, 6) is 0.501. The number of likely N-dealkylation sites (tertiary alicyclic amines) is 1. The Morgan fingerprint density at radius 2 is 2.26 bits per heavy atom. The zero-order chi connectivity index (χ0) is 13.8. The van der Waals surface area contributed by atoms with E-state index in [2.05, 4.69) is 0 Å². The second kappa shape index (κ2) is 6.26. The highest BCUT2D eigenvalue weighted by Crippen LogP contribution is 2.24. The lowest BCUT2D eigenvalue weighted by atomic mass is 10.1. The first-order valence-electron chi connectivity index (χ1n) is 6.53. The molecular formula is C14H19ClN2O2. The van der Waals surface area contributed by atoms with Gasteiger partial charge in [-0.25, -0.2) is 0 Å². The van der Waals surface area contributed by atoms with Crippen LogP contribution in [0.4, 0.5) is 0 Å². The van der Waals surface area contributed by atoms with Crippen LogP contribution >= 0.6 is 11.6 Å². The molecule has 104 valence electrons. The molecule has 1 aromatic carbocycles. The van der Waals surface area contributed by atoms with Gasteiger partial charge in [-0.05, 0) is 31.9 Å². The quantitative estimate of drug-likeness (QED) is 0.923. The second-order valence-corrected chi connectivity index (χ2v) is 5.28. The molecule has 1 saturated heterocycles. The minimum absolute atomic E-state index is 0.0323. The zero-order valence-electron chi connectivity index (χ0n) is 11.0. The van der Waals surface area contributed by atoms with Crippen LogP contribution in [0.5, 0.6) is 5.75 Å². The summed E-state index contributed by atoms with van der Waals surface area (Å²) < 4.78 is 5.63. The number of carbonyl (C=O) groups is 1. The molecule has 4 nitrogen and oxygen atoms in total. The van der Waals surface area contributed by atoms with Gasteiger partial charge >= 0.3 is 0 Å². The van der Waals surface area contributed by atoms with Gasteiger partial charge < -0.3 is 15.4 Å². The normalized spacial score (nSPS) is 21.0. The number of hydrogen-bond acceptors (Lipinski definition) is 3. The number of nitrogens with two attached hydrogens (primary N) is 1. The van der Waals surface area contributed by atoms with Crippen molar-refractivity contribution < 1.29 is 9.53 Å².